The van der Waals surface area contributed by atoms with E-state index in [2.05, 4.69) is 505 Å². The topological polar surface area (TPSA) is 92.9 Å². The fourth-order valence-electron chi connectivity index (χ4n) is 22.4. The third-order valence-corrected chi connectivity index (χ3v) is 28.8. The molecule has 0 unspecified atom stereocenters. The first kappa shape index (κ1) is 82.9. The zero-order chi connectivity index (χ0) is 94.8. The molecule has 0 aliphatic rings. The van der Waals surface area contributed by atoms with Crippen molar-refractivity contribution in [2.45, 2.75) is 0 Å². The molecule has 0 saturated carbocycles. The Hall–Kier alpha value is -19.4. The van der Waals surface area contributed by atoms with Crippen molar-refractivity contribution in [3.8, 4) is 118 Å². The van der Waals surface area contributed by atoms with Crippen LogP contribution >= 0.6 is 0 Å². The predicted octanol–water partition coefficient (Wildman–Crippen LogP) is 36.7. The smallest absolute Gasteiger partial charge is 0.159 e. The normalized spacial score (nSPS) is 11.8. The van der Waals surface area contributed by atoms with Gasteiger partial charge in [0.15, 0.2) is 16.7 Å². The molecule has 0 radical (unpaired) electrons. The summed E-state index contributed by atoms with van der Waals surface area (Å²) in [4.78, 5) is 15.2. The van der Waals surface area contributed by atoms with Crippen LogP contribution in [0.1, 0.15) is 0 Å². The van der Waals surface area contributed by atoms with Crippen LogP contribution in [0.2, 0.25) is 0 Å². The summed E-state index contributed by atoms with van der Waals surface area (Å²) in [5, 5.41) is 17.3. The number of pyridine rings is 3. The lowest BCUT2D eigenvalue weighted by Gasteiger charge is -2.12. The molecule has 0 aliphatic heterocycles. The van der Waals surface area contributed by atoms with E-state index in [4.69, 9.17) is 28.2 Å². The number of aromatic nitrogens is 6. The third kappa shape index (κ3) is 13.8. The molecule has 0 N–H and O–H groups in total. The van der Waals surface area contributed by atoms with Gasteiger partial charge in [-0.2, -0.15) is 0 Å². The Bertz CT molecular complexity index is 10100. The van der Waals surface area contributed by atoms with Crippen LogP contribution in [-0.4, -0.2) is 28.7 Å². The van der Waals surface area contributed by atoms with Crippen molar-refractivity contribution in [3.05, 3.63) is 510 Å². The number of rotatable bonds is 12. The number of fused-ring (bicyclic) bond motifs is 21. The van der Waals surface area contributed by atoms with Crippen LogP contribution in [0.15, 0.2) is 523 Å². The van der Waals surface area contributed by atoms with Gasteiger partial charge in [0.25, 0.3) is 0 Å². The van der Waals surface area contributed by atoms with E-state index >= 15 is 0 Å². The van der Waals surface area contributed by atoms with E-state index in [1.807, 2.05) is 18.2 Å². The Balaban J connectivity index is 0.000000105. The van der Waals surface area contributed by atoms with Gasteiger partial charge in [0.05, 0.1) is 83.8 Å². The van der Waals surface area contributed by atoms with E-state index in [9.17, 15) is 0 Å². The van der Waals surface area contributed by atoms with Crippen molar-refractivity contribution >= 4 is 164 Å². The van der Waals surface area contributed by atoms with Gasteiger partial charge in [-0.1, -0.05) is 394 Å². The average Bonchev–Trinajstić information content (AvgIpc) is 1.57. The molecule has 0 fully saturated rings. The van der Waals surface area contributed by atoms with E-state index < -0.39 is 0 Å². The molecule has 30 rings (SSSR count). The highest BCUT2D eigenvalue weighted by atomic mass is 16.3. The van der Waals surface area contributed by atoms with E-state index in [0.29, 0.717) is 0 Å². The van der Waals surface area contributed by atoms with Gasteiger partial charge < -0.3 is 27.0 Å². The SMILES string of the molecule is c1ccc(-c2cc(-c3cccc4oc5c(-n6c7ccccc7c7c(-c8ccccc8)cccc76)cccc5c34)c3ccccc3n2)cc1.c1ccc(-c2ccc3c(c2)c2ccccc2n3-c2cccc3c2oc2cccc(-c4cc(-c5ccccc5)nc5ccccc45)c23)cc1.c1ccc(-c2ccc3c4ccccc4n(-c4cccc5c4oc4cccc(-c6cc(-c7ccccc7)nc7ccccc67)c45)c3c2)cc1. The lowest BCUT2D eigenvalue weighted by Crippen LogP contribution is -1.94. The highest BCUT2D eigenvalue weighted by Gasteiger charge is 2.28. The van der Waals surface area contributed by atoms with Gasteiger partial charge in [-0.05, 0) is 182 Å². The van der Waals surface area contributed by atoms with E-state index in [0.717, 1.165) is 216 Å². The standard InChI is InChI=1S/3C45H28N2O/c1-3-14-29(15-4-1)31-20-11-25-40-43(31)34-19-8-10-24-39(34)47(40)41-26-12-22-35-44-33(21-13-27-42(44)48-45(35)41)36-28-38(30-16-5-2-6-17-30)46-37-23-9-7-18-32(36)37;1-3-13-29(14-4-1)31-25-26-34-33-18-8-10-22-40(33)47(42(34)27-31)41-23-11-20-36-44-35(19-12-24-43(44)48-45(36)41)37-28-39(30-15-5-2-6-16-30)46-38-21-9-7-17-32(37)38;1-3-13-29(14-4-1)31-25-26-41-37(27-31)33-18-8-10-22-40(33)47(41)42-23-11-20-35-44-34(19-12-24-43(44)48-45(35)42)36-28-39(30-15-5-2-6-16-30)46-38-21-9-7-17-32(36)38/h3*1-28H. The fraction of sp³-hybridized carbons (Fsp3) is 0. The molecular formula is C135H84N6O3. The highest BCUT2D eigenvalue weighted by molar-refractivity contribution is 6.24. The summed E-state index contributed by atoms with van der Waals surface area (Å²) in [7, 11) is 0. The number of para-hydroxylation sites is 9. The van der Waals surface area contributed by atoms with Crippen molar-refractivity contribution in [1.29, 1.82) is 0 Å². The van der Waals surface area contributed by atoms with Gasteiger partial charge in [0.1, 0.15) is 16.7 Å². The molecule has 21 aromatic carbocycles. The summed E-state index contributed by atoms with van der Waals surface area (Å²) < 4.78 is 27.7. The largest absolute Gasteiger partial charge is 0.454 e. The first-order chi connectivity index (χ1) is 71.5. The van der Waals surface area contributed by atoms with Gasteiger partial charge >= 0.3 is 0 Å². The summed E-state index contributed by atoms with van der Waals surface area (Å²) in [5.41, 5.74) is 38.3. The molecule has 672 valence electrons. The summed E-state index contributed by atoms with van der Waals surface area (Å²) in [6.07, 6.45) is 0. The van der Waals surface area contributed by atoms with Crippen LogP contribution in [0, 0.1) is 0 Å². The molecule has 9 heterocycles. The molecule has 0 bridgehead atoms. The molecular weight excluding hydrogens is 1750 g/mol. The molecule has 9 nitrogen and oxygen atoms in total. The van der Waals surface area contributed by atoms with E-state index in [-0.39, 0.29) is 0 Å². The van der Waals surface area contributed by atoms with Gasteiger partial charge in [-0.15, -0.1) is 0 Å². The number of benzene rings is 21. The lowest BCUT2D eigenvalue weighted by molar-refractivity contribution is 0.666. The van der Waals surface area contributed by atoms with Crippen molar-refractivity contribution in [2.24, 2.45) is 0 Å². The maximum atomic E-state index is 6.87. The molecule has 0 amide bonds. The Kier molecular flexibility index (Phi) is 19.8. The number of hydrogen-bond acceptors (Lipinski definition) is 6. The zero-order valence-corrected chi connectivity index (χ0v) is 77.9. The quantitative estimate of drug-likeness (QED) is 0.121. The van der Waals surface area contributed by atoms with Gasteiger partial charge in [-0.3, -0.25) is 0 Å². The average molecular weight is 1840 g/mol. The zero-order valence-electron chi connectivity index (χ0n) is 77.9. The van der Waals surface area contributed by atoms with Gasteiger partial charge in [0.2, 0.25) is 0 Å². The van der Waals surface area contributed by atoms with Gasteiger partial charge in [-0.25, -0.2) is 15.0 Å². The maximum absolute atomic E-state index is 6.87. The summed E-state index contributed by atoms with van der Waals surface area (Å²) >= 11 is 0. The van der Waals surface area contributed by atoms with Crippen molar-refractivity contribution < 1.29 is 13.3 Å². The van der Waals surface area contributed by atoms with Gasteiger partial charge in [0, 0.05) is 97.5 Å². The second-order valence-corrected chi connectivity index (χ2v) is 36.9. The third-order valence-electron chi connectivity index (χ3n) is 28.8. The second kappa shape index (κ2) is 34.4. The molecule has 0 atom stereocenters. The van der Waals surface area contributed by atoms with Crippen LogP contribution in [-0.2, 0) is 0 Å². The molecule has 0 aliphatic carbocycles. The molecule has 9 aromatic heterocycles. The summed E-state index contributed by atoms with van der Waals surface area (Å²) in [5.74, 6) is 0. The van der Waals surface area contributed by atoms with Crippen LogP contribution in [0.3, 0.4) is 0 Å². The number of nitrogens with zero attached hydrogens (tertiary/aromatic N) is 6. The minimum absolute atomic E-state index is 0.864. The number of furan rings is 3. The maximum Gasteiger partial charge on any atom is 0.159 e. The van der Waals surface area contributed by atoms with E-state index in [1.54, 1.807) is 0 Å². The van der Waals surface area contributed by atoms with E-state index in [1.165, 1.54) is 65.7 Å². The Morgan fingerprint density at radius 1 is 0.146 bits per heavy atom. The van der Waals surface area contributed by atoms with Crippen LogP contribution < -0.4 is 0 Å². The van der Waals surface area contributed by atoms with Crippen LogP contribution in [0.25, 0.3) is 282 Å². The fourth-order valence-corrected chi connectivity index (χ4v) is 22.4. The van der Waals surface area contributed by atoms with Crippen molar-refractivity contribution in [3.63, 3.8) is 0 Å². The molecule has 0 spiro atoms. The number of hydrogen-bond donors (Lipinski definition) is 0. The Morgan fingerprint density at radius 3 is 0.854 bits per heavy atom. The molecule has 9 heteroatoms. The minimum atomic E-state index is 0.864. The summed E-state index contributed by atoms with van der Waals surface area (Å²) in [6.45, 7) is 0. The Morgan fingerprint density at radius 2 is 0.431 bits per heavy atom. The minimum Gasteiger partial charge on any atom is -0.454 e. The van der Waals surface area contributed by atoms with Crippen molar-refractivity contribution in [2.75, 3.05) is 0 Å². The van der Waals surface area contributed by atoms with Crippen LogP contribution in [0.5, 0.6) is 0 Å². The monoisotopic (exact) mass is 1840 g/mol. The van der Waals surface area contributed by atoms with Crippen molar-refractivity contribution in [1.82, 2.24) is 28.7 Å². The molecule has 30 aromatic rings. The lowest BCUT2D eigenvalue weighted by atomic mass is 9.94. The first-order valence-electron chi connectivity index (χ1n) is 48.9. The second-order valence-electron chi connectivity index (χ2n) is 36.9. The predicted molar refractivity (Wildman–Crippen MR) is 599 cm³/mol. The highest BCUT2D eigenvalue weighted by Crippen LogP contribution is 2.51. The Labute approximate surface area is 827 Å². The molecule has 0 saturated heterocycles. The first-order valence-corrected chi connectivity index (χ1v) is 48.9. The molecule has 144 heavy (non-hydrogen) atoms. The summed E-state index contributed by atoms with van der Waals surface area (Å²) in [6, 6.07) is 180. The van der Waals surface area contributed by atoms with Crippen LogP contribution in [0.4, 0.5) is 0 Å².